The minimum atomic E-state index is -4.42. The highest BCUT2D eigenvalue weighted by Crippen LogP contribution is 2.48. The molecule has 0 unspecified atom stereocenters. The highest BCUT2D eigenvalue weighted by atomic mass is 32.1. The number of anilines is 2. The van der Waals surface area contributed by atoms with Gasteiger partial charge in [0.25, 0.3) is 0 Å². The average Bonchev–Trinajstić information content (AvgIpc) is 2.99. The molecule has 1 spiro atoms. The molecule has 3 nitrogen and oxygen atoms in total. The molecule has 0 aromatic heterocycles. The number of para-hydroxylation sites is 1. The smallest absolute Gasteiger partial charge is 0.341 e. The van der Waals surface area contributed by atoms with Crippen molar-refractivity contribution >= 4 is 34.5 Å². The predicted molar refractivity (Wildman–Crippen MR) is 133 cm³/mol. The summed E-state index contributed by atoms with van der Waals surface area (Å²) in [6.07, 6.45) is -0.977. The summed E-state index contributed by atoms with van der Waals surface area (Å²) in [4.78, 5) is 6.58. The number of alkyl halides is 3. The molecule has 0 radical (unpaired) electrons. The van der Waals surface area contributed by atoms with Gasteiger partial charge in [-0.1, -0.05) is 45.0 Å². The van der Waals surface area contributed by atoms with Gasteiger partial charge in [0.1, 0.15) is 11.4 Å². The van der Waals surface area contributed by atoms with Gasteiger partial charge in [-0.2, -0.15) is 13.2 Å². The molecular formula is C26H30F3N3S. The second-order valence-corrected chi connectivity index (χ2v) is 10.6. The topological polar surface area (TPSA) is 27.6 Å². The number of rotatable bonds is 2. The fourth-order valence-electron chi connectivity index (χ4n) is 5.12. The first kappa shape index (κ1) is 23.7. The third kappa shape index (κ3) is 4.52. The normalized spacial score (nSPS) is 23.7. The molecule has 1 heterocycles. The highest BCUT2D eigenvalue weighted by molar-refractivity contribution is 7.80. The van der Waals surface area contributed by atoms with E-state index in [9.17, 15) is 13.2 Å². The van der Waals surface area contributed by atoms with Crippen molar-refractivity contribution in [1.29, 1.82) is 0 Å². The molecular weight excluding hydrogens is 443 g/mol. The predicted octanol–water partition coefficient (Wildman–Crippen LogP) is 7.60. The second kappa shape index (κ2) is 8.42. The minimum absolute atomic E-state index is 0.169. The lowest BCUT2D eigenvalue weighted by atomic mass is 9.66. The molecule has 0 atom stereocenters. The number of amidine groups is 1. The number of nitrogens with zero attached hydrogens (tertiary/aromatic N) is 2. The van der Waals surface area contributed by atoms with Gasteiger partial charge in [0.2, 0.25) is 5.11 Å². The van der Waals surface area contributed by atoms with Crippen molar-refractivity contribution in [3.8, 4) is 0 Å². The molecule has 2 aromatic carbocycles. The minimum Gasteiger partial charge on any atom is -0.341 e. The van der Waals surface area contributed by atoms with Crippen LogP contribution in [0.1, 0.15) is 57.6 Å². The number of halogens is 3. The summed E-state index contributed by atoms with van der Waals surface area (Å²) in [6, 6.07) is 13.4. The molecule has 176 valence electrons. The van der Waals surface area contributed by atoms with E-state index in [0.717, 1.165) is 48.8 Å². The summed E-state index contributed by atoms with van der Waals surface area (Å²) in [5.41, 5.74) is 1.34. The lowest BCUT2D eigenvalue weighted by molar-refractivity contribution is -0.137. The Hall–Kier alpha value is -2.41. The lowest BCUT2D eigenvalue weighted by Gasteiger charge is -2.47. The number of aliphatic imine (C=N–C) groups is 1. The molecule has 1 N–H and O–H groups in total. The summed E-state index contributed by atoms with van der Waals surface area (Å²) in [5, 5.41) is 3.80. The van der Waals surface area contributed by atoms with E-state index in [1.165, 1.54) is 12.1 Å². The summed E-state index contributed by atoms with van der Waals surface area (Å²) >= 11 is 5.66. The maximum atomic E-state index is 13.5. The Morgan fingerprint density at radius 2 is 1.70 bits per heavy atom. The largest absolute Gasteiger partial charge is 0.416 e. The molecule has 2 aromatic rings. The van der Waals surface area contributed by atoms with Crippen LogP contribution >= 0.6 is 12.2 Å². The molecule has 4 rings (SSSR count). The lowest BCUT2D eigenvalue weighted by Crippen LogP contribution is -2.56. The third-order valence-corrected chi connectivity index (χ3v) is 7.41. The van der Waals surface area contributed by atoms with E-state index in [1.54, 1.807) is 6.07 Å². The fraction of sp³-hybridized carbons (Fsp3) is 0.462. The van der Waals surface area contributed by atoms with Gasteiger partial charge in [-0.05, 0) is 86.0 Å². The van der Waals surface area contributed by atoms with Gasteiger partial charge in [0.15, 0.2) is 0 Å². The van der Waals surface area contributed by atoms with Crippen LogP contribution in [0.4, 0.5) is 24.5 Å². The van der Waals surface area contributed by atoms with Gasteiger partial charge in [-0.25, -0.2) is 4.99 Å². The Balaban J connectivity index is 1.75. The Kier molecular flexibility index (Phi) is 6.06. The van der Waals surface area contributed by atoms with E-state index in [2.05, 4.69) is 26.1 Å². The fourth-order valence-corrected chi connectivity index (χ4v) is 5.50. The van der Waals surface area contributed by atoms with Crippen molar-refractivity contribution < 1.29 is 13.2 Å². The summed E-state index contributed by atoms with van der Waals surface area (Å²) in [7, 11) is 0. The van der Waals surface area contributed by atoms with Gasteiger partial charge >= 0.3 is 6.18 Å². The maximum absolute atomic E-state index is 13.5. The van der Waals surface area contributed by atoms with E-state index in [-0.39, 0.29) is 5.41 Å². The van der Waals surface area contributed by atoms with Gasteiger partial charge in [0.05, 0.1) is 5.56 Å². The summed E-state index contributed by atoms with van der Waals surface area (Å²) in [6.45, 7) is 8.77. The zero-order valence-electron chi connectivity index (χ0n) is 19.5. The van der Waals surface area contributed by atoms with Gasteiger partial charge < -0.3 is 10.2 Å². The second-order valence-electron chi connectivity index (χ2n) is 10.2. The van der Waals surface area contributed by atoms with E-state index in [0.29, 0.717) is 16.7 Å². The Morgan fingerprint density at radius 1 is 1.03 bits per heavy atom. The van der Waals surface area contributed by atoms with E-state index >= 15 is 0 Å². The third-order valence-electron chi connectivity index (χ3n) is 7.13. The van der Waals surface area contributed by atoms with Gasteiger partial charge in [-0.3, -0.25) is 0 Å². The quantitative estimate of drug-likeness (QED) is 0.455. The monoisotopic (exact) mass is 473 g/mol. The Bertz CT molecular complexity index is 1080. The first-order chi connectivity index (χ1) is 15.4. The van der Waals surface area contributed by atoms with Crippen molar-refractivity contribution in [3.05, 3.63) is 59.7 Å². The zero-order chi connectivity index (χ0) is 24.0. The molecule has 7 heteroatoms. The Labute approximate surface area is 199 Å². The SMILES string of the molecule is Cc1ccccc1NC1=NC(=S)N(c2cccc(C(F)(F)F)c2)C12CCC(C(C)(C)C)CC2. The number of thiocarbonyl (C=S) groups is 1. The first-order valence-corrected chi connectivity index (χ1v) is 11.8. The van der Waals surface area contributed by atoms with Crippen LogP contribution < -0.4 is 10.2 Å². The Morgan fingerprint density at radius 3 is 2.30 bits per heavy atom. The van der Waals surface area contributed by atoms with Crippen LogP contribution in [0.2, 0.25) is 0 Å². The molecule has 0 bridgehead atoms. The van der Waals surface area contributed by atoms with Crippen LogP contribution in [0.15, 0.2) is 53.5 Å². The van der Waals surface area contributed by atoms with Crippen LogP contribution in [0.5, 0.6) is 0 Å². The van der Waals surface area contributed by atoms with Crippen molar-refractivity contribution in [1.82, 2.24) is 0 Å². The van der Waals surface area contributed by atoms with Crippen molar-refractivity contribution in [2.45, 2.75) is 65.1 Å². The highest BCUT2D eigenvalue weighted by Gasteiger charge is 2.52. The molecule has 1 fully saturated rings. The van der Waals surface area contributed by atoms with Gasteiger partial charge in [-0.15, -0.1) is 0 Å². The van der Waals surface area contributed by atoms with Crippen LogP contribution in [-0.2, 0) is 6.18 Å². The van der Waals surface area contributed by atoms with E-state index < -0.39 is 17.3 Å². The number of nitrogens with one attached hydrogen (secondary N) is 1. The summed E-state index contributed by atoms with van der Waals surface area (Å²) < 4.78 is 40.5. The standard InChI is InChI=1S/C26H30F3N3S/c1-17-8-5-6-11-21(17)30-22-25(14-12-18(13-15-25)24(2,3)4)32(23(33)31-22)20-10-7-9-19(16-20)26(27,28)29/h5-11,16,18H,12-15H2,1-4H3,(H,30,31,33). The first-order valence-electron chi connectivity index (χ1n) is 11.4. The van der Waals surface area contributed by atoms with Gasteiger partial charge in [0, 0.05) is 11.4 Å². The van der Waals surface area contributed by atoms with E-state index in [4.69, 9.17) is 17.2 Å². The molecule has 0 saturated heterocycles. The number of hydrogen-bond acceptors (Lipinski definition) is 2. The van der Waals surface area contributed by atoms with Crippen LogP contribution in [-0.4, -0.2) is 16.5 Å². The molecule has 33 heavy (non-hydrogen) atoms. The van der Waals surface area contributed by atoms with Crippen LogP contribution in [0, 0.1) is 18.3 Å². The molecule has 1 aliphatic carbocycles. The average molecular weight is 474 g/mol. The molecule has 1 saturated carbocycles. The van der Waals surface area contributed by atoms with Crippen LogP contribution in [0.25, 0.3) is 0 Å². The van der Waals surface area contributed by atoms with Crippen molar-refractivity contribution in [2.75, 3.05) is 10.2 Å². The number of aryl methyl sites for hydroxylation is 1. The number of benzene rings is 2. The summed E-state index contributed by atoms with van der Waals surface area (Å²) in [5.74, 6) is 1.26. The molecule has 2 aliphatic rings. The van der Waals surface area contributed by atoms with Crippen molar-refractivity contribution in [2.24, 2.45) is 16.3 Å². The zero-order valence-corrected chi connectivity index (χ0v) is 20.3. The maximum Gasteiger partial charge on any atom is 0.416 e. The molecule has 1 aliphatic heterocycles. The van der Waals surface area contributed by atoms with E-state index in [1.807, 2.05) is 36.1 Å². The number of hydrogen-bond donors (Lipinski definition) is 1. The van der Waals surface area contributed by atoms with Crippen molar-refractivity contribution in [3.63, 3.8) is 0 Å². The molecule has 0 amide bonds. The van der Waals surface area contributed by atoms with Crippen LogP contribution in [0.3, 0.4) is 0 Å².